The molecule has 82 valence electrons. The van der Waals surface area contributed by atoms with Crippen LogP contribution in [0.4, 0.5) is 5.69 Å². The Kier molecular flexibility index (Phi) is 3.15. The molecule has 6 nitrogen and oxygen atoms in total. The van der Waals surface area contributed by atoms with Crippen LogP contribution >= 0.6 is 0 Å². The van der Waals surface area contributed by atoms with Gasteiger partial charge in [0.25, 0.3) is 10.0 Å². The van der Waals surface area contributed by atoms with Crippen LogP contribution in [-0.2, 0) is 15.8 Å². The lowest BCUT2D eigenvalue weighted by Crippen LogP contribution is -2.24. The van der Waals surface area contributed by atoms with Crippen molar-refractivity contribution in [3.63, 3.8) is 0 Å². The minimum atomic E-state index is -3.65. The Bertz CT molecular complexity index is 460. The van der Waals surface area contributed by atoms with E-state index in [1.165, 1.54) is 0 Å². The van der Waals surface area contributed by atoms with Crippen molar-refractivity contribution < 1.29 is 8.42 Å². The van der Waals surface area contributed by atoms with Crippen LogP contribution in [0, 0.1) is 0 Å². The van der Waals surface area contributed by atoms with Gasteiger partial charge in [-0.05, 0) is 17.7 Å². The maximum absolute atomic E-state index is 11.3. The summed E-state index contributed by atoms with van der Waals surface area (Å²) in [6.07, 6.45) is 0. The van der Waals surface area contributed by atoms with Gasteiger partial charge < -0.3 is 17.2 Å². The lowest BCUT2D eigenvalue weighted by Gasteiger charge is -2.00. The van der Waals surface area contributed by atoms with Gasteiger partial charge in [0.15, 0.2) is 0 Å². The minimum Gasteiger partial charge on any atom is -0.399 e. The van der Waals surface area contributed by atoms with Crippen LogP contribution in [0.25, 0.3) is 0 Å². The van der Waals surface area contributed by atoms with Crippen LogP contribution in [0.1, 0.15) is 5.56 Å². The zero-order chi connectivity index (χ0) is 11.5. The van der Waals surface area contributed by atoms with Crippen molar-refractivity contribution in [1.29, 1.82) is 0 Å². The molecule has 0 aliphatic heterocycles. The highest BCUT2D eigenvalue weighted by Crippen LogP contribution is 2.10. The number of anilines is 1. The van der Waals surface area contributed by atoms with E-state index in [1.807, 2.05) is 0 Å². The van der Waals surface area contributed by atoms with Crippen molar-refractivity contribution >= 4 is 21.7 Å². The Hall–Kier alpha value is -1.76. The van der Waals surface area contributed by atoms with Gasteiger partial charge in [-0.3, -0.25) is 0 Å². The molecule has 1 aromatic carbocycles. The summed E-state index contributed by atoms with van der Waals surface area (Å²) in [5.41, 5.74) is 16.6. The number of nitrogens with zero attached hydrogens (tertiary/aromatic N) is 1. The first-order valence-corrected chi connectivity index (χ1v) is 5.68. The highest BCUT2D eigenvalue weighted by molar-refractivity contribution is 7.89. The summed E-state index contributed by atoms with van der Waals surface area (Å²) in [6.45, 7) is 0. The number of hydrogen-bond donors (Lipinski definition) is 3. The van der Waals surface area contributed by atoms with E-state index in [0.29, 0.717) is 11.3 Å². The number of sulfonamides is 1. The van der Waals surface area contributed by atoms with E-state index < -0.39 is 16.0 Å². The first-order valence-electron chi connectivity index (χ1n) is 4.07. The lowest BCUT2D eigenvalue weighted by atomic mass is 10.2. The van der Waals surface area contributed by atoms with Crippen LogP contribution in [0.3, 0.4) is 0 Å². The first-order chi connectivity index (χ1) is 6.89. The molecule has 15 heavy (non-hydrogen) atoms. The van der Waals surface area contributed by atoms with Gasteiger partial charge in [0.2, 0.25) is 5.96 Å². The molecule has 0 amide bonds. The molecule has 0 unspecified atom stereocenters. The smallest absolute Gasteiger partial charge is 0.260 e. The van der Waals surface area contributed by atoms with Crippen molar-refractivity contribution in [3.05, 3.63) is 29.8 Å². The third-order valence-corrected chi connectivity index (χ3v) is 2.76. The summed E-state index contributed by atoms with van der Waals surface area (Å²) in [6, 6.07) is 6.44. The molecule has 0 saturated heterocycles. The normalized spacial score (nSPS) is 10.9. The Morgan fingerprint density at radius 1 is 1.20 bits per heavy atom. The predicted molar refractivity (Wildman–Crippen MR) is 59.3 cm³/mol. The highest BCUT2D eigenvalue weighted by atomic mass is 32.2. The highest BCUT2D eigenvalue weighted by Gasteiger charge is 2.09. The molecule has 1 rings (SSSR count). The van der Waals surface area contributed by atoms with Crippen LogP contribution in [0.2, 0.25) is 0 Å². The summed E-state index contributed by atoms with van der Waals surface area (Å²) in [5.74, 6) is -0.712. The average molecular weight is 228 g/mol. The maximum atomic E-state index is 11.3. The third-order valence-electron chi connectivity index (χ3n) is 1.57. The Balaban J connectivity index is 2.87. The largest absolute Gasteiger partial charge is 0.399 e. The van der Waals surface area contributed by atoms with Crippen molar-refractivity contribution in [3.8, 4) is 0 Å². The molecule has 0 fully saturated rings. The monoisotopic (exact) mass is 228 g/mol. The number of guanidine groups is 1. The Labute approximate surface area is 87.8 Å². The van der Waals surface area contributed by atoms with Gasteiger partial charge in [-0.25, -0.2) is 8.42 Å². The number of benzene rings is 1. The summed E-state index contributed by atoms with van der Waals surface area (Å²) in [5, 5.41) is 0. The van der Waals surface area contributed by atoms with Crippen molar-refractivity contribution in [2.75, 3.05) is 5.73 Å². The molecule has 0 atom stereocenters. The molecule has 0 aliphatic carbocycles. The van der Waals surface area contributed by atoms with E-state index in [4.69, 9.17) is 17.2 Å². The van der Waals surface area contributed by atoms with Gasteiger partial charge in [-0.1, -0.05) is 12.1 Å². The van der Waals surface area contributed by atoms with Gasteiger partial charge in [-0.2, -0.15) is 0 Å². The van der Waals surface area contributed by atoms with Crippen LogP contribution in [-0.4, -0.2) is 14.4 Å². The standard InChI is InChI=1S/C8H12N4O2S/c9-7-3-1-6(2-4-7)5-15(13,14)12-8(10)11/h1-4H,5,9H2,(H4,10,11,12). The van der Waals surface area contributed by atoms with Gasteiger partial charge in [0, 0.05) is 5.69 Å². The molecule has 0 heterocycles. The second-order valence-electron chi connectivity index (χ2n) is 2.98. The molecule has 1 aromatic rings. The SMILES string of the molecule is NC(N)=NS(=O)(=O)Cc1ccc(N)cc1. The fourth-order valence-electron chi connectivity index (χ4n) is 1.02. The minimum absolute atomic E-state index is 0.245. The van der Waals surface area contributed by atoms with E-state index in [-0.39, 0.29) is 5.75 Å². The molecule has 0 aromatic heterocycles. The molecule has 0 bridgehead atoms. The average Bonchev–Trinajstić information content (AvgIpc) is 2.06. The van der Waals surface area contributed by atoms with E-state index >= 15 is 0 Å². The van der Waals surface area contributed by atoms with E-state index in [0.717, 1.165) is 0 Å². The van der Waals surface area contributed by atoms with Gasteiger partial charge in [0.1, 0.15) is 0 Å². The van der Waals surface area contributed by atoms with Crippen LogP contribution in [0.5, 0.6) is 0 Å². The van der Waals surface area contributed by atoms with E-state index in [1.54, 1.807) is 24.3 Å². The van der Waals surface area contributed by atoms with Crippen molar-refractivity contribution in [1.82, 2.24) is 0 Å². The molecule has 0 radical (unpaired) electrons. The second-order valence-corrected chi connectivity index (χ2v) is 4.62. The van der Waals surface area contributed by atoms with E-state index in [2.05, 4.69) is 4.40 Å². The number of rotatable bonds is 3. The third kappa shape index (κ3) is 3.86. The topological polar surface area (TPSA) is 125 Å². The Morgan fingerprint density at radius 2 is 1.73 bits per heavy atom. The van der Waals surface area contributed by atoms with Gasteiger partial charge in [-0.15, -0.1) is 4.40 Å². The molecule has 7 heteroatoms. The zero-order valence-corrected chi connectivity index (χ0v) is 8.74. The predicted octanol–water partition coefficient (Wildman–Crippen LogP) is -0.628. The molecular weight excluding hydrogens is 216 g/mol. The number of nitrogens with two attached hydrogens (primary N) is 3. The van der Waals surface area contributed by atoms with Crippen molar-refractivity contribution in [2.24, 2.45) is 15.9 Å². The molecule has 0 spiro atoms. The van der Waals surface area contributed by atoms with E-state index in [9.17, 15) is 8.42 Å². The molecule has 0 saturated carbocycles. The molecular formula is C8H12N4O2S. The summed E-state index contributed by atoms with van der Waals surface area (Å²) in [7, 11) is -3.65. The first kappa shape index (κ1) is 11.3. The van der Waals surface area contributed by atoms with Crippen molar-refractivity contribution in [2.45, 2.75) is 5.75 Å². The van der Waals surface area contributed by atoms with Gasteiger partial charge in [0.05, 0.1) is 5.75 Å². The fraction of sp³-hybridized carbons (Fsp3) is 0.125. The zero-order valence-electron chi connectivity index (χ0n) is 7.92. The lowest BCUT2D eigenvalue weighted by molar-refractivity contribution is 0.597. The summed E-state index contributed by atoms with van der Waals surface area (Å²) >= 11 is 0. The second kappa shape index (κ2) is 4.18. The fourth-order valence-corrected chi connectivity index (χ4v) is 2.02. The van der Waals surface area contributed by atoms with Crippen LogP contribution in [0.15, 0.2) is 28.7 Å². The number of hydrogen-bond acceptors (Lipinski definition) is 3. The van der Waals surface area contributed by atoms with Crippen LogP contribution < -0.4 is 17.2 Å². The summed E-state index contributed by atoms with van der Waals surface area (Å²) < 4.78 is 25.8. The maximum Gasteiger partial charge on any atom is 0.260 e. The number of nitrogen functional groups attached to an aromatic ring is 1. The quantitative estimate of drug-likeness (QED) is 0.361. The molecule has 0 aliphatic rings. The molecule has 6 N–H and O–H groups in total. The summed E-state index contributed by atoms with van der Waals surface area (Å²) in [4.78, 5) is 0. The Morgan fingerprint density at radius 3 is 2.20 bits per heavy atom. The van der Waals surface area contributed by atoms with Gasteiger partial charge >= 0.3 is 0 Å².